The molecule has 88 valence electrons. The maximum atomic E-state index is 5.75. The summed E-state index contributed by atoms with van der Waals surface area (Å²) >= 11 is 0. The van der Waals surface area contributed by atoms with Gasteiger partial charge in [-0.1, -0.05) is 49.6 Å². The third-order valence-electron chi connectivity index (χ3n) is 3.92. The van der Waals surface area contributed by atoms with Crippen LogP contribution in [0.1, 0.15) is 50.0 Å². The summed E-state index contributed by atoms with van der Waals surface area (Å²) in [6.07, 6.45) is 8.12. The first kappa shape index (κ1) is 11.7. The van der Waals surface area contributed by atoms with Crippen LogP contribution < -0.4 is 5.73 Å². The monoisotopic (exact) mass is 217 g/mol. The fourth-order valence-electron chi connectivity index (χ4n) is 3.08. The van der Waals surface area contributed by atoms with Crippen LogP contribution in [-0.4, -0.2) is 6.54 Å². The molecule has 0 heterocycles. The summed E-state index contributed by atoms with van der Waals surface area (Å²) in [5.41, 5.74) is 7.28. The van der Waals surface area contributed by atoms with Gasteiger partial charge >= 0.3 is 0 Å². The maximum absolute atomic E-state index is 5.75. The molecule has 0 spiro atoms. The van der Waals surface area contributed by atoms with Gasteiger partial charge in [-0.2, -0.15) is 0 Å². The molecule has 2 N–H and O–H groups in total. The van der Waals surface area contributed by atoms with Crippen molar-refractivity contribution < 1.29 is 0 Å². The van der Waals surface area contributed by atoms with Crippen LogP contribution in [0.3, 0.4) is 0 Å². The van der Waals surface area contributed by atoms with Gasteiger partial charge in [0.05, 0.1) is 0 Å². The lowest BCUT2D eigenvalue weighted by molar-refractivity contribution is 0.378. The summed E-state index contributed by atoms with van der Waals surface area (Å²) in [5, 5.41) is 0. The van der Waals surface area contributed by atoms with E-state index in [0.717, 1.165) is 18.4 Å². The predicted octanol–water partition coefficient (Wildman–Crippen LogP) is 3.70. The van der Waals surface area contributed by atoms with E-state index < -0.39 is 0 Å². The minimum atomic E-state index is 0.757. The van der Waals surface area contributed by atoms with Crippen molar-refractivity contribution in [2.45, 2.75) is 44.4 Å². The van der Waals surface area contributed by atoms with Crippen LogP contribution in [0.2, 0.25) is 0 Å². The molecule has 1 nitrogen and oxygen atoms in total. The highest BCUT2D eigenvalue weighted by molar-refractivity contribution is 5.20. The molecule has 16 heavy (non-hydrogen) atoms. The zero-order chi connectivity index (χ0) is 11.2. The van der Waals surface area contributed by atoms with E-state index in [0.29, 0.717) is 0 Å². The largest absolute Gasteiger partial charge is 0.330 e. The van der Waals surface area contributed by atoms with E-state index >= 15 is 0 Å². The molecule has 0 radical (unpaired) electrons. The van der Waals surface area contributed by atoms with Crippen LogP contribution in [-0.2, 0) is 0 Å². The first-order valence-corrected chi connectivity index (χ1v) is 6.67. The molecule has 1 fully saturated rings. The molecule has 0 amide bonds. The highest BCUT2D eigenvalue weighted by Gasteiger charge is 2.24. The quantitative estimate of drug-likeness (QED) is 0.768. The summed E-state index contributed by atoms with van der Waals surface area (Å²) in [6, 6.07) is 11.0. The highest BCUT2D eigenvalue weighted by atomic mass is 14.5. The lowest BCUT2D eigenvalue weighted by atomic mass is 9.81. The molecular formula is C15H23N. The third kappa shape index (κ3) is 2.85. The molecule has 1 aromatic carbocycles. The van der Waals surface area contributed by atoms with Crippen molar-refractivity contribution in [1.29, 1.82) is 0 Å². The van der Waals surface area contributed by atoms with Crippen LogP contribution in [0.5, 0.6) is 0 Å². The SMILES string of the molecule is NCCC1CCCCCC1c1ccccc1. The number of hydrogen-bond acceptors (Lipinski definition) is 1. The van der Waals surface area contributed by atoms with Crippen molar-refractivity contribution in [2.75, 3.05) is 6.54 Å². The van der Waals surface area contributed by atoms with Crippen LogP contribution in [0.4, 0.5) is 0 Å². The van der Waals surface area contributed by atoms with Gasteiger partial charge in [0.1, 0.15) is 0 Å². The summed E-state index contributed by atoms with van der Waals surface area (Å²) in [7, 11) is 0. The molecule has 0 aliphatic heterocycles. The summed E-state index contributed by atoms with van der Waals surface area (Å²) in [6.45, 7) is 0.841. The first-order valence-electron chi connectivity index (χ1n) is 6.67. The van der Waals surface area contributed by atoms with Crippen LogP contribution in [0, 0.1) is 5.92 Å². The molecule has 0 aromatic heterocycles. The highest BCUT2D eigenvalue weighted by Crippen LogP contribution is 2.37. The van der Waals surface area contributed by atoms with Crippen molar-refractivity contribution in [3.05, 3.63) is 35.9 Å². The summed E-state index contributed by atoms with van der Waals surface area (Å²) in [4.78, 5) is 0. The number of hydrogen-bond donors (Lipinski definition) is 1. The van der Waals surface area contributed by atoms with Crippen LogP contribution >= 0.6 is 0 Å². The Morgan fingerprint density at radius 3 is 2.50 bits per heavy atom. The van der Waals surface area contributed by atoms with Crippen molar-refractivity contribution in [1.82, 2.24) is 0 Å². The van der Waals surface area contributed by atoms with Crippen LogP contribution in [0.25, 0.3) is 0 Å². The van der Waals surface area contributed by atoms with E-state index in [9.17, 15) is 0 Å². The molecule has 1 saturated carbocycles. The fraction of sp³-hybridized carbons (Fsp3) is 0.600. The van der Waals surface area contributed by atoms with E-state index in [1.54, 1.807) is 0 Å². The molecule has 1 aliphatic carbocycles. The summed E-state index contributed by atoms with van der Waals surface area (Å²) in [5.74, 6) is 1.57. The second-order valence-electron chi connectivity index (χ2n) is 4.99. The molecular weight excluding hydrogens is 194 g/mol. The first-order chi connectivity index (χ1) is 7.92. The second kappa shape index (κ2) is 6.05. The van der Waals surface area contributed by atoms with Gasteiger partial charge in [0.2, 0.25) is 0 Å². The van der Waals surface area contributed by atoms with Crippen molar-refractivity contribution in [3.63, 3.8) is 0 Å². The fourth-order valence-corrected chi connectivity index (χ4v) is 3.08. The van der Waals surface area contributed by atoms with Crippen molar-refractivity contribution in [3.8, 4) is 0 Å². The van der Waals surface area contributed by atoms with E-state index in [1.807, 2.05) is 0 Å². The Balaban J connectivity index is 2.14. The van der Waals surface area contributed by atoms with Crippen LogP contribution in [0.15, 0.2) is 30.3 Å². The van der Waals surface area contributed by atoms with Crippen molar-refractivity contribution in [2.24, 2.45) is 11.7 Å². The van der Waals surface area contributed by atoms with Gasteiger partial charge < -0.3 is 5.73 Å². The Bertz CT molecular complexity index is 294. The number of benzene rings is 1. The Kier molecular flexibility index (Phi) is 4.41. The third-order valence-corrected chi connectivity index (χ3v) is 3.92. The zero-order valence-corrected chi connectivity index (χ0v) is 10.1. The Morgan fingerprint density at radius 2 is 1.75 bits per heavy atom. The lowest BCUT2D eigenvalue weighted by Gasteiger charge is -2.25. The molecule has 2 atom stereocenters. The van der Waals surface area contributed by atoms with Gasteiger partial charge in [0.15, 0.2) is 0 Å². The Morgan fingerprint density at radius 1 is 1.00 bits per heavy atom. The lowest BCUT2D eigenvalue weighted by Crippen LogP contribution is -2.16. The molecule has 0 saturated heterocycles. The average Bonchev–Trinajstić information content (AvgIpc) is 2.56. The normalized spacial score (nSPS) is 26.3. The van der Waals surface area contributed by atoms with Gasteiger partial charge in [0.25, 0.3) is 0 Å². The number of nitrogens with two attached hydrogens (primary N) is 1. The molecule has 1 aromatic rings. The maximum Gasteiger partial charge on any atom is -0.00744 e. The van der Waals surface area contributed by atoms with E-state index in [4.69, 9.17) is 5.73 Å². The van der Waals surface area contributed by atoms with Gasteiger partial charge in [0, 0.05) is 0 Å². The standard InChI is InChI=1S/C15H23N/c16-12-11-14-9-5-2-6-10-15(14)13-7-3-1-4-8-13/h1,3-4,7-8,14-15H,2,5-6,9-12,16H2. The van der Waals surface area contributed by atoms with E-state index in [-0.39, 0.29) is 0 Å². The minimum Gasteiger partial charge on any atom is -0.330 e. The number of rotatable bonds is 3. The zero-order valence-electron chi connectivity index (χ0n) is 10.1. The predicted molar refractivity (Wildman–Crippen MR) is 69.4 cm³/mol. The van der Waals surface area contributed by atoms with E-state index in [2.05, 4.69) is 30.3 Å². The Hall–Kier alpha value is -0.820. The topological polar surface area (TPSA) is 26.0 Å². The van der Waals surface area contributed by atoms with E-state index in [1.165, 1.54) is 44.1 Å². The average molecular weight is 217 g/mol. The van der Waals surface area contributed by atoms with Gasteiger partial charge in [-0.05, 0) is 43.2 Å². The van der Waals surface area contributed by atoms with Gasteiger partial charge in [-0.3, -0.25) is 0 Å². The molecule has 2 rings (SSSR count). The Labute approximate surface area is 99.0 Å². The van der Waals surface area contributed by atoms with Gasteiger partial charge in [-0.25, -0.2) is 0 Å². The smallest absolute Gasteiger partial charge is 0.00744 e. The molecule has 1 aliphatic rings. The molecule has 1 heteroatoms. The van der Waals surface area contributed by atoms with Gasteiger partial charge in [-0.15, -0.1) is 0 Å². The molecule has 0 bridgehead atoms. The second-order valence-corrected chi connectivity index (χ2v) is 4.99. The minimum absolute atomic E-state index is 0.757. The summed E-state index contributed by atoms with van der Waals surface area (Å²) < 4.78 is 0. The molecule has 2 unspecified atom stereocenters. The van der Waals surface area contributed by atoms with Crippen molar-refractivity contribution >= 4 is 0 Å².